The minimum absolute atomic E-state index is 0.266. The van der Waals surface area contributed by atoms with Crippen LogP contribution in [-0.2, 0) is 10.0 Å². The van der Waals surface area contributed by atoms with Crippen molar-refractivity contribution in [2.75, 3.05) is 4.72 Å². The van der Waals surface area contributed by atoms with Crippen LogP contribution >= 0.6 is 11.6 Å². The number of aromatic carboxylic acids is 1. The van der Waals surface area contributed by atoms with Crippen molar-refractivity contribution < 1.29 is 27.1 Å². The van der Waals surface area contributed by atoms with Crippen molar-refractivity contribution in [3.63, 3.8) is 0 Å². The van der Waals surface area contributed by atoms with Crippen molar-refractivity contribution >= 4 is 33.3 Å². The van der Waals surface area contributed by atoms with Crippen LogP contribution in [0.1, 0.15) is 10.4 Å². The lowest BCUT2D eigenvalue weighted by Gasteiger charge is -2.09. The SMILES string of the molecule is O=C(O)c1ccc(S(=O)(=O)Nc2cc(F)cc(F)c2)cc1Cl. The molecule has 22 heavy (non-hydrogen) atoms. The van der Waals surface area contributed by atoms with Crippen LogP contribution in [0.15, 0.2) is 41.3 Å². The summed E-state index contributed by atoms with van der Waals surface area (Å²) in [6, 6.07) is 5.17. The molecule has 0 saturated heterocycles. The lowest BCUT2D eigenvalue weighted by Crippen LogP contribution is -2.13. The minimum Gasteiger partial charge on any atom is -0.478 e. The number of rotatable bonds is 4. The Kier molecular flexibility index (Phi) is 4.34. The monoisotopic (exact) mass is 347 g/mol. The molecule has 2 aromatic carbocycles. The van der Waals surface area contributed by atoms with Gasteiger partial charge in [-0.1, -0.05) is 11.6 Å². The molecule has 0 atom stereocenters. The first-order valence-corrected chi connectivity index (χ1v) is 7.57. The highest BCUT2D eigenvalue weighted by Crippen LogP contribution is 2.23. The zero-order valence-corrected chi connectivity index (χ0v) is 12.3. The van der Waals surface area contributed by atoms with E-state index in [4.69, 9.17) is 16.7 Å². The smallest absolute Gasteiger partial charge is 0.337 e. The fraction of sp³-hybridized carbons (Fsp3) is 0. The third kappa shape index (κ3) is 3.52. The molecule has 0 fully saturated rings. The van der Waals surface area contributed by atoms with E-state index in [0.29, 0.717) is 6.07 Å². The molecule has 0 aliphatic rings. The number of hydrogen-bond donors (Lipinski definition) is 2. The maximum atomic E-state index is 13.1. The van der Waals surface area contributed by atoms with Gasteiger partial charge in [0.1, 0.15) is 11.6 Å². The van der Waals surface area contributed by atoms with E-state index in [0.717, 1.165) is 30.3 Å². The molecule has 5 nitrogen and oxygen atoms in total. The molecule has 116 valence electrons. The number of nitrogens with one attached hydrogen (secondary N) is 1. The topological polar surface area (TPSA) is 83.5 Å². The molecule has 0 radical (unpaired) electrons. The second-order valence-electron chi connectivity index (χ2n) is 4.21. The number of benzene rings is 2. The van der Waals surface area contributed by atoms with Crippen LogP contribution in [0.5, 0.6) is 0 Å². The number of carboxylic acid groups (broad SMARTS) is 1. The Morgan fingerprint density at radius 1 is 1.09 bits per heavy atom. The van der Waals surface area contributed by atoms with Crippen LogP contribution in [0.2, 0.25) is 5.02 Å². The summed E-state index contributed by atoms with van der Waals surface area (Å²) in [7, 11) is -4.17. The molecule has 0 bridgehead atoms. The average molecular weight is 348 g/mol. The number of hydrogen-bond acceptors (Lipinski definition) is 3. The molecule has 0 heterocycles. The van der Waals surface area contributed by atoms with Crippen molar-refractivity contribution in [1.29, 1.82) is 0 Å². The number of halogens is 3. The fourth-order valence-electron chi connectivity index (χ4n) is 1.66. The molecule has 0 aliphatic heterocycles. The molecular weight excluding hydrogens is 340 g/mol. The summed E-state index contributed by atoms with van der Waals surface area (Å²) >= 11 is 5.69. The Hall–Kier alpha value is -2.19. The van der Waals surface area contributed by atoms with E-state index in [1.165, 1.54) is 0 Å². The van der Waals surface area contributed by atoms with E-state index in [1.54, 1.807) is 0 Å². The molecule has 0 unspecified atom stereocenters. The molecule has 0 saturated carbocycles. The molecule has 0 amide bonds. The maximum Gasteiger partial charge on any atom is 0.337 e. The summed E-state index contributed by atoms with van der Waals surface area (Å²) in [6.07, 6.45) is 0. The lowest BCUT2D eigenvalue weighted by molar-refractivity contribution is 0.0697. The molecule has 9 heteroatoms. The Labute approximate surface area is 129 Å². The van der Waals surface area contributed by atoms with Crippen LogP contribution in [0.3, 0.4) is 0 Å². The Bertz CT molecular complexity index is 835. The van der Waals surface area contributed by atoms with E-state index in [1.807, 2.05) is 4.72 Å². The summed E-state index contributed by atoms with van der Waals surface area (Å²) in [5, 5.41) is 8.55. The average Bonchev–Trinajstić information content (AvgIpc) is 2.36. The molecule has 0 aromatic heterocycles. The second kappa shape index (κ2) is 5.90. The Morgan fingerprint density at radius 2 is 1.68 bits per heavy atom. The van der Waals surface area contributed by atoms with Crippen LogP contribution in [0, 0.1) is 11.6 Å². The van der Waals surface area contributed by atoms with Crippen molar-refractivity contribution in [1.82, 2.24) is 0 Å². The van der Waals surface area contributed by atoms with Crippen LogP contribution in [0.4, 0.5) is 14.5 Å². The predicted octanol–water partition coefficient (Wildman–Crippen LogP) is 3.12. The normalized spacial score (nSPS) is 11.2. The summed E-state index contributed by atoms with van der Waals surface area (Å²) in [6.45, 7) is 0. The lowest BCUT2D eigenvalue weighted by atomic mass is 10.2. The molecule has 0 aliphatic carbocycles. The van der Waals surface area contributed by atoms with E-state index in [9.17, 15) is 22.0 Å². The van der Waals surface area contributed by atoms with Crippen molar-refractivity contribution in [3.8, 4) is 0 Å². The third-order valence-electron chi connectivity index (χ3n) is 2.60. The van der Waals surface area contributed by atoms with Crippen molar-refractivity contribution in [2.45, 2.75) is 4.90 Å². The van der Waals surface area contributed by atoms with Crippen LogP contribution < -0.4 is 4.72 Å². The first-order chi connectivity index (χ1) is 10.2. The molecule has 2 N–H and O–H groups in total. The summed E-state index contributed by atoms with van der Waals surface area (Å²) in [4.78, 5) is 10.5. The number of anilines is 1. The van der Waals surface area contributed by atoms with E-state index in [2.05, 4.69) is 0 Å². The predicted molar refractivity (Wildman–Crippen MR) is 75.6 cm³/mol. The molecular formula is C13H8ClF2NO4S. The highest BCUT2D eigenvalue weighted by Gasteiger charge is 2.18. The van der Waals surface area contributed by atoms with Gasteiger partial charge in [-0.15, -0.1) is 0 Å². The van der Waals surface area contributed by atoms with Crippen molar-refractivity contribution in [2.24, 2.45) is 0 Å². The highest BCUT2D eigenvalue weighted by atomic mass is 35.5. The zero-order valence-electron chi connectivity index (χ0n) is 10.7. The van der Waals surface area contributed by atoms with Gasteiger partial charge in [0.05, 0.1) is 21.2 Å². The van der Waals surface area contributed by atoms with Gasteiger partial charge in [0, 0.05) is 6.07 Å². The van der Waals surface area contributed by atoms with Gasteiger partial charge in [-0.25, -0.2) is 22.0 Å². The van der Waals surface area contributed by atoms with Gasteiger partial charge < -0.3 is 5.11 Å². The number of sulfonamides is 1. The van der Waals surface area contributed by atoms with E-state index in [-0.39, 0.29) is 21.2 Å². The third-order valence-corrected chi connectivity index (χ3v) is 4.29. The van der Waals surface area contributed by atoms with Gasteiger partial charge in [0.25, 0.3) is 10.0 Å². The summed E-state index contributed by atoms with van der Waals surface area (Å²) in [5.41, 5.74) is -0.576. The van der Waals surface area contributed by atoms with Gasteiger partial charge in [-0.3, -0.25) is 4.72 Å². The highest BCUT2D eigenvalue weighted by molar-refractivity contribution is 7.92. The van der Waals surface area contributed by atoms with Gasteiger partial charge in [-0.2, -0.15) is 0 Å². The Morgan fingerprint density at radius 3 is 2.18 bits per heavy atom. The number of carboxylic acids is 1. The second-order valence-corrected chi connectivity index (χ2v) is 6.30. The first kappa shape index (κ1) is 16.2. The molecule has 2 aromatic rings. The fourth-order valence-corrected chi connectivity index (χ4v) is 3.06. The standard InChI is InChI=1S/C13H8ClF2NO4S/c14-12-6-10(1-2-11(12)13(18)19)22(20,21)17-9-4-7(15)3-8(16)5-9/h1-6,17H,(H,18,19). The van der Waals surface area contributed by atoms with Gasteiger partial charge in [0.15, 0.2) is 0 Å². The summed E-state index contributed by atoms with van der Waals surface area (Å²) < 4.78 is 52.3. The first-order valence-electron chi connectivity index (χ1n) is 5.71. The van der Waals surface area contributed by atoms with E-state index < -0.39 is 27.6 Å². The zero-order chi connectivity index (χ0) is 16.5. The molecule has 0 spiro atoms. The largest absolute Gasteiger partial charge is 0.478 e. The van der Waals surface area contributed by atoms with Gasteiger partial charge >= 0.3 is 5.97 Å². The van der Waals surface area contributed by atoms with E-state index >= 15 is 0 Å². The summed E-state index contributed by atoms with van der Waals surface area (Å²) in [5.74, 6) is -3.21. The quantitative estimate of drug-likeness (QED) is 0.890. The van der Waals surface area contributed by atoms with Crippen molar-refractivity contribution in [3.05, 3.63) is 58.6 Å². The minimum atomic E-state index is -4.17. The number of carbonyl (C=O) groups is 1. The van der Waals surface area contributed by atoms with Gasteiger partial charge in [0.2, 0.25) is 0 Å². The molecule has 2 rings (SSSR count). The van der Waals surface area contributed by atoms with Crippen LogP contribution in [0.25, 0.3) is 0 Å². The Balaban J connectivity index is 2.38. The van der Waals surface area contributed by atoms with Crippen LogP contribution in [-0.4, -0.2) is 19.5 Å². The maximum absolute atomic E-state index is 13.1. The van der Waals surface area contributed by atoms with Gasteiger partial charge in [-0.05, 0) is 30.3 Å².